The molecule has 4 heteroatoms. The van der Waals surface area contributed by atoms with Crippen LogP contribution in [0.25, 0.3) is 0 Å². The number of fused-ring (bicyclic) bond motifs is 1. The lowest BCUT2D eigenvalue weighted by molar-refractivity contribution is 0.0965. The van der Waals surface area contributed by atoms with E-state index in [0.717, 1.165) is 23.5 Å². The fourth-order valence-electron chi connectivity index (χ4n) is 3.01. The van der Waals surface area contributed by atoms with E-state index >= 15 is 0 Å². The van der Waals surface area contributed by atoms with Crippen molar-refractivity contribution in [1.82, 2.24) is 0 Å². The second-order valence-corrected chi connectivity index (χ2v) is 5.89. The summed E-state index contributed by atoms with van der Waals surface area (Å²) in [5.41, 5.74) is 2.19. The molecule has 0 saturated heterocycles. The van der Waals surface area contributed by atoms with Gasteiger partial charge >= 0.3 is 0 Å². The number of hydrogen-bond acceptors (Lipinski definition) is 3. The Morgan fingerprint density at radius 3 is 2.77 bits per heavy atom. The van der Waals surface area contributed by atoms with Gasteiger partial charge in [0.15, 0.2) is 17.3 Å². The first kappa shape index (κ1) is 13.3. The van der Waals surface area contributed by atoms with Gasteiger partial charge in [-0.15, -0.1) is 0 Å². The topological polar surface area (TPSA) is 35.5 Å². The summed E-state index contributed by atoms with van der Waals surface area (Å²) in [6.45, 7) is 1.93. The van der Waals surface area contributed by atoms with Crippen LogP contribution in [0.1, 0.15) is 33.8 Å². The van der Waals surface area contributed by atoms with Crippen molar-refractivity contribution in [1.29, 1.82) is 0 Å². The number of Topliss-reactive ketones (excluding diaryl/α,β-unsaturated/α-hetero) is 1. The minimum Gasteiger partial charge on any atom is -0.454 e. The van der Waals surface area contributed by atoms with Crippen molar-refractivity contribution >= 4 is 5.78 Å². The second-order valence-electron chi connectivity index (χ2n) is 5.89. The third-order valence-electron chi connectivity index (χ3n) is 4.39. The molecule has 2 atom stereocenters. The molecule has 0 unspecified atom stereocenters. The largest absolute Gasteiger partial charge is 0.454 e. The summed E-state index contributed by atoms with van der Waals surface area (Å²) in [7, 11) is 0. The quantitative estimate of drug-likeness (QED) is 0.807. The van der Waals surface area contributed by atoms with Gasteiger partial charge < -0.3 is 9.47 Å². The number of ketones is 1. The predicted molar refractivity (Wildman–Crippen MR) is 78.9 cm³/mol. The Hall–Kier alpha value is -2.36. The molecule has 1 heterocycles. The molecule has 3 nitrogen and oxygen atoms in total. The molecule has 0 spiro atoms. The molecule has 0 amide bonds. The molecule has 2 aliphatic rings. The van der Waals surface area contributed by atoms with Crippen LogP contribution in [0.4, 0.5) is 4.39 Å². The molecular formula is C18H15FO3. The molecule has 0 aromatic heterocycles. The molecule has 1 aliphatic heterocycles. The fourth-order valence-corrected chi connectivity index (χ4v) is 3.01. The second kappa shape index (κ2) is 4.83. The Kier molecular flexibility index (Phi) is 2.93. The monoisotopic (exact) mass is 298 g/mol. The van der Waals surface area contributed by atoms with E-state index < -0.39 is 0 Å². The maximum Gasteiger partial charge on any atom is 0.231 e. The van der Waals surface area contributed by atoms with Crippen LogP contribution >= 0.6 is 0 Å². The molecule has 1 saturated carbocycles. The SMILES string of the molecule is Cc1cc(C(=O)[C@H]2C[C@H]2c2ccc3c(c2)OCO3)ccc1F. The van der Waals surface area contributed by atoms with Gasteiger partial charge in [-0.25, -0.2) is 4.39 Å². The first-order valence-electron chi connectivity index (χ1n) is 7.33. The standard InChI is InChI=1S/C18H15FO3/c1-10-6-12(2-4-15(10)19)18(20)14-8-13(14)11-3-5-16-17(7-11)22-9-21-16/h2-7,13-14H,8-9H2,1H3/t13-,14-/m0/s1. The van der Waals surface area contributed by atoms with Crippen LogP contribution in [0.15, 0.2) is 36.4 Å². The molecule has 4 rings (SSSR count). The van der Waals surface area contributed by atoms with E-state index in [-0.39, 0.29) is 30.2 Å². The molecule has 0 radical (unpaired) electrons. The van der Waals surface area contributed by atoms with Crippen LogP contribution in [0.2, 0.25) is 0 Å². The summed E-state index contributed by atoms with van der Waals surface area (Å²) in [6, 6.07) is 10.4. The van der Waals surface area contributed by atoms with E-state index in [1.54, 1.807) is 19.1 Å². The van der Waals surface area contributed by atoms with Crippen LogP contribution in [0.3, 0.4) is 0 Å². The van der Waals surface area contributed by atoms with E-state index in [0.29, 0.717) is 11.1 Å². The number of benzene rings is 2. The van der Waals surface area contributed by atoms with Crippen molar-refractivity contribution in [3.05, 3.63) is 58.9 Å². The Morgan fingerprint density at radius 2 is 1.95 bits per heavy atom. The van der Waals surface area contributed by atoms with E-state index in [1.165, 1.54) is 6.07 Å². The van der Waals surface area contributed by atoms with Gasteiger partial charge in [-0.3, -0.25) is 4.79 Å². The number of ether oxygens (including phenoxy) is 2. The predicted octanol–water partition coefficient (Wildman–Crippen LogP) is 3.85. The zero-order valence-electron chi connectivity index (χ0n) is 12.1. The Bertz CT molecular complexity index is 769. The maximum atomic E-state index is 13.3. The van der Waals surface area contributed by atoms with Crippen LogP contribution in [0.5, 0.6) is 11.5 Å². The molecule has 0 bridgehead atoms. The van der Waals surface area contributed by atoms with Gasteiger partial charge in [0.05, 0.1) is 0 Å². The summed E-state index contributed by atoms with van der Waals surface area (Å²) in [5, 5.41) is 0. The van der Waals surface area contributed by atoms with E-state index in [9.17, 15) is 9.18 Å². The highest BCUT2D eigenvalue weighted by Crippen LogP contribution is 2.51. The zero-order chi connectivity index (χ0) is 15.3. The number of hydrogen-bond donors (Lipinski definition) is 0. The first-order chi connectivity index (χ1) is 10.6. The number of halogens is 1. The average molecular weight is 298 g/mol. The van der Waals surface area contributed by atoms with Gasteiger partial charge in [-0.05, 0) is 60.7 Å². The van der Waals surface area contributed by atoms with Crippen LogP contribution < -0.4 is 9.47 Å². The highest BCUT2D eigenvalue weighted by atomic mass is 19.1. The molecule has 1 aliphatic carbocycles. The van der Waals surface area contributed by atoms with Crippen molar-refractivity contribution in [3.63, 3.8) is 0 Å². The number of carbonyl (C=O) groups excluding carboxylic acids is 1. The minimum absolute atomic E-state index is 0.0229. The lowest BCUT2D eigenvalue weighted by Crippen LogP contribution is -2.04. The summed E-state index contributed by atoms with van der Waals surface area (Å²) in [5.74, 6) is 1.50. The Balaban J connectivity index is 1.54. The number of aryl methyl sites for hydroxylation is 1. The van der Waals surface area contributed by atoms with Crippen molar-refractivity contribution < 1.29 is 18.7 Å². The molecule has 2 aromatic rings. The summed E-state index contributed by atoms with van der Waals surface area (Å²) < 4.78 is 24.0. The number of rotatable bonds is 3. The third kappa shape index (κ3) is 2.15. The van der Waals surface area contributed by atoms with Crippen molar-refractivity contribution in [2.24, 2.45) is 5.92 Å². The van der Waals surface area contributed by atoms with Crippen LogP contribution in [-0.4, -0.2) is 12.6 Å². The highest BCUT2D eigenvalue weighted by molar-refractivity contribution is 6.00. The summed E-state index contributed by atoms with van der Waals surface area (Å²) >= 11 is 0. The summed E-state index contributed by atoms with van der Waals surface area (Å²) in [4.78, 5) is 12.5. The van der Waals surface area contributed by atoms with Crippen LogP contribution in [0, 0.1) is 18.7 Å². The van der Waals surface area contributed by atoms with Gasteiger partial charge in [0.1, 0.15) is 5.82 Å². The maximum absolute atomic E-state index is 13.3. The van der Waals surface area contributed by atoms with E-state index in [1.807, 2.05) is 18.2 Å². The lowest BCUT2D eigenvalue weighted by Gasteiger charge is -2.04. The van der Waals surface area contributed by atoms with Gasteiger partial charge in [0.25, 0.3) is 0 Å². The molecule has 0 N–H and O–H groups in total. The molecule has 1 fully saturated rings. The van der Waals surface area contributed by atoms with Crippen LogP contribution in [-0.2, 0) is 0 Å². The Morgan fingerprint density at radius 1 is 1.14 bits per heavy atom. The van der Waals surface area contributed by atoms with Gasteiger partial charge in [-0.2, -0.15) is 0 Å². The lowest BCUT2D eigenvalue weighted by atomic mass is 10.0. The molecule has 112 valence electrons. The normalized spacial score (nSPS) is 21.7. The molecule has 22 heavy (non-hydrogen) atoms. The summed E-state index contributed by atoms with van der Waals surface area (Å²) in [6.07, 6.45) is 0.828. The zero-order valence-corrected chi connectivity index (χ0v) is 12.1. The fraction of sp³-hybridized carbons (Fsp3) is 0.278. The Labute approximate surface area is 127 Å². The van der Waals surface area contributed by atoms with Gasteiger partial charge in [-0.1, -0.05) is 6.07 Å². The van der Waals surface area contributed by atoms with Gasteiger partial charge in [0.2, 0.25) is 6.79 Å². The average Bonchev–Trinajstić information content (AvgIpc) is 3.18. The van der Waals surface area contributed by atoms with Crippen molar-refractivity contribution in [3.8, 4) is 11.5 Å². The molecular weight excluding hydrogens is 283 g/mol. The van der Waals surface area contributed by atoms with Crippen molar-refractivity contribution in [2.75, 3.05) is 6.79 Å². The number of carbonyl (C=O) groups is 1. The molecule has 2 aromatic carbocycles. The smallest absolute Gasteiger partial charge is 0.231 e. The first-order valence-corrected chi connectivity index (χ1v) is 7.33. The minimum atomic E-state index is -0.278. The third-order valence-corrected chi connectivity index (χ3v) is 4.39. The van der Waals surface area contributed by atoms with E-state index in [2.05, 4.69) is 0 Å². The van der Waals surface area contributed by atoms with Gasteiger partial charge in [0, 0.05) is 11.5 Å². The van der Waals surface area contributed by atoms with Crippen molar-refractivity contribution in [2.45, 2.75) is 19.3 Å². The van der Waals surface area contributed by atoms with E-state index in [4.69, 9.17) is 9.47 Å². The highest BCUT2D eigenvalue weighted by Gasteiger charge is 2.44.